The second-order valence-electron chi connectivity index (χ2n) is 10.3. The lowest BCUT2D eigenvalue weighted by atomic mass is 10.0. The number of fused-ring (bicyclic) bond motifs is 1. The van der Waals surface area contributed by atoms with E-state index in [9.17, 15) is 19.2 Å². The van der Waals surface area contributed by atoms with Crippen LogP contribution in [0.4, 0.5) is 0 Å². The molecule has 1 heterocycles. The van der Waals surface area contributed by atoms with Gasteiger partial charge in [-0.25, -0.2) is 4.79 Å². The minimum absolute atomic E-state index is 0.0240. The van der Waals surface area contributed by atoms with Crippen molar-refractivity contribution in [3.63, 3.8) is 0 Å². The Balaban J connectivity index is 1.19. The molecule has 2 amide bonds. The lowest BCUT2D eigenvalue weighted by Gasteiger charge is -2.20. The van der Waals surface area contributed by atoms with Gasteiger partial charge in [0.15, 0.2) is 12.2 Å². The summed E-state index contributed by atoms with van der Waals surface area (Å²) in [5.41, 5.74) is 3.31. The number of amides is 2. The van der Waals surface area contributed by atoms with E-state index in [1.165, 1.54) is 18.2 Å². The van der Waals surface area contributed by atoms with Crippen LogP contribution in [-0.2, 0) is 14.3 Å². The molecule has 44 heavy (non-hydrogen) atoms. The molecule has 0 aliphatic carbocycles. The van der Waals surface area contributed by atoms with Crippen molar-refractivity contribution in [1.82, 2.24) is 4.90 Å². The first kappa shape index (κ1) is 28.3. The van der Waals surface area contributed by atoms with Crippen molar-refractivity contribution < 1.29 is 28.7 Å². The average molecular weight is 582 g/mol. The van der Waals surface area contributed by atoms with Crippen LogP contribution in [0.2, 0.25) is 0 Å². The van der Waals surface area contributed by atoms with Crippen LogP contribution in [-0.4, -0.2) is 35.2 Å². The number of carbonyl (C=O) groups is 4. The fourth-order valence-electron chi connectivity index (χ4n) is 5.20. The first-order valence-corrected chi connectivity index (χ1v) is 14.1. The molecule has 0 fully saturated rings. The van der Waals surface area contributed by atoms with E-state index in [0.29, 0.717) is 0 Å². The molecule has 0 saturated heterocycles. The lowest BCUT2D eigenvalue weighted by molar-refractivity contribution is -0.147. The smallest absolute Gasteiger partial charge is 0.339 e. The molecule has 0 radical (unpaired) electrons. The van der Waals surface area contributed by atoms with Crippen molar-refractivity contribution in [1.29, 1.82) is 0 Å². The topological polar surface area (TPSA) is 90.0 Å². The Bertz CT molecular complexity index is 1730. The Hall–Kier alpha value is -5.82. The number of carbonyl (C=O) groups excluding carboxylic acids is 4. The van der Waals surface area contributed by atoms with Gasteiger partial charge in [-0.3, -0.25) is 19.3 Å². The first-order valence-electron chi connectivity index (χ1n) is 14.1. The largest absolute Gasteiger partial charge is 0.451 e. The third-order valence-corrected chi connectivity index (χ3v) is 7.38. The van der Waals surface area contributed by atoms with Gasteiger partial charge in [-0.05, 0) is 40.5 Å². The van der Waals surface area contributed by atoms with Gasteiger partial charge in [-0.15, -0.1) is 0 Å². The van der Waals surface area contributed by atoms with Gasteiger partial charge in [-0.2, -0.15) is 0 Å². The molecule has 0 aromatic heterocycles. The van der Waals surface area contributed by atoms with Crippen LogP contribution in [0.3, 0.4) is 0 Å². The molecule has 0 atom stereocenters. The molecular weight excluding hydrogens is 554 g/mol. The van der Waals surface area contributed by atoms with Crippen LogP contribution >= 0.6 is 0 Å². The third kappa shape index (κ3) is 5.89. The molecule has 7 nitrogen and oxygen atoms in total. The fourth-order valence-corrected chi connectivity index (χ4v) is 5.20. The minimum atomic E-state index is -0.745. The number of rotatable bonds is 9. The summed E-state index contributed by atoms with van der Waals surface area (Å²) in [7, 11) is 0. The van der Waals surface area contributed by atoms with Crippen molar-refractivity contribution in [3.05, 3.63) is 178 Å². The van der Waals surface area contributed by atoms with Crippen LogP contribution in [0, 0.1) is 0 Å². The molecule has 1 aliphatic heterocycles. The summed E-state index contributed by atoms with van der Waals surface area (Å²) >= 11 is 0. The van der Waals surface area contributed by atoms with Crippen LogP contribution < -0.4 is 0 Å². The maximum absolute atomic E-state index is 13.4. The minimum Gasteiger partial charge on any atom is -0.451 e. The van der Waals surface area contributed by atoms with Gasteiger partial charge in [0.2, 0.25) is 0 Å². The monoisotopic (exact) mass is 581 g/mol. The lowest BCUT2D eigenvalue weighted by Crippen LogP contribution is -2.36. The van der Waals surface area contributed by atoms with E-state index in [1.54, 1.807) is 0 Å². The summed E-state index contributed by atoms with van der Waals surface area (Å²) in [6, 6.07) is 41.3. The Kier molecular flexibility index (Phi) is 8.10. The fraction of sp³-hybridized carbons (Fsp3) is 0.0811. The summed E-state index contributed by atoms with van der Waals surface area (Å²) in [4.78, 5) is 53.8. The van der Waals surface area contributed by atoms with E-state index < -0.39 is 42.5 Å². The highest BCUT2D eigenvalue weighted by molar-refractivity contribution is 6.22. The van der Waals surface area contributed by atoms with E-state index in [-0.39, 0.29) is 16.7 Å². The number of benzene rings is 5. The highest BCUT2D eigenvalue weighted by atomic mass is 16.5. The van der Waals surface area contributed by atoms with Crippen LogP contribution in [0.1, 0.15) is 65.5 Å². The predicted molar refractivity (Wildman–Crippen MR) is 163 cm³/mol. The second-order valence-corrected chi connectivity index (χ2v) is 10.3. The molecule has 0 N–H and O–H groups in total. The normalized spacial score (nSPS) is 12.4. The molecule has 5 aromatic rings. The zero-order chi connectivity index (χ0) is 30.5. The second kappa shape index (κ2) is 12.6. The SMILES string of the molecule is O=C(CN1C(=O)c2ccc(C(=O)OC(c3ccccc3)c3ccccc3)cc2C1=O)OC(c1ccccc1)c1ccccc1. The molecule has 0 spiro atoms. The Morgan fingerprint density at radius 2 is 0.932 bits per heavy atom. The van der Waals surface area contributed by atoms with E-state index in [1.807, 2.05) is 121 Å². The molecule has 0 saturated carbocycles. The highest BCUT2D eigenvalue weighted by Crippen LogP contribution is 2.30. The van der Waals surface area contributed by atoms with Crippen LogP contribution in [0.15, 0.2) is 140 Å². The Morgan fingerprint density at radius 1 is 0.523 bits per heavy atom. The van der Waals surface area contributed by atoms with Gasteiger partial charge in [0.25, 0.3) is 11.8 Å². The number of nitrogens with zero attached hydrogens (tertiary/aromatic N) is 1. The Morgan fingerprint density at radius 3 is 1.39 bits per heavy atom. The third-order valence-electron chi connectivity index (χ3n) is 7.38. The van der Waals surface area contributed by atoms with E-state index in [4.69, 9.17) is 9.47 Å². The van der Waals surface area contributed by atoms with Crippen LogP contribution in [0.5, 0.6) is 0 Å². The van der Waals surface area contributed by atoms with Crippen molar-refractivity contribution in [2.75, 3.05) is 6.54 Å². The van der Waals surface area contributed by atoms with Gasteiger partial charge in [0, 0.05) is 0 Å². The van der Waals surface area contributed by atoms with Gasteiger partial charge >= 0.3 is 11.9 Å². The van der Waals surface area contributed by atoms with E-state index >= 15 is 0 Å². The number of ether oxygens (including phenoxy) is 2. The summed E-state index contributed by atoms with van der Waals surface area (Å²) in [6.45, 7) is -0.577. The molecule has 0 unspecified atom stereocenters. The van der Waals surface area contributed by atoms with Crippen LogP contribution in [0.25, 0.3) is 0 Å². The first-order chi connectivity index (χ1) is 21.5. The number of imide groups is 1. The molecule has 216 valence electrons. The van der Waals surface area contributed by atoms with Crippen molar-refractivity contribution in [2.45, 2.75) is 12.2 Å². The van der Waals surface area contributed by atoms with Crippen molar-refractivity contribution in [2.24, 2.45) is 0 Å². The summed E-state index contributed by atoms with van der Waals surface area (Å²) in [5, 5.41) is 0. The summed E-state index contributed by atoms with van der Waals surface area (Å²) in [6.07, 6.45) is -1.40. The van der Waals surface area contributed by atoms with E-state index in [2.05, 4.69) is 0 Å². The summed E-state index contributed by atoms with van der Waals surface area (Å²) < 4.78 is 11.7. The van der Waals surface area contributed by atoms with Gasteiger partial charge in [0.05, 0.1) is 16.7 Å². The van der Waals surface area contributed by atoms with E-state index in [0.717, 1.165) is 27.2 Å². The maximum Gasteiger partial charge on any atom is 0.339 e. The molecule has 6 rings (SSSR count). The molecule has 0 bridgehead atoms. The van der Waals surface area contributed by atoms with Gasteiger partial charge in [-0.1, -0.05) is 121 Å². The predicted octanol–water partition coefficient (Wildman–Crippen LogP) is 6.56. The Labute approximate surface area is 254 Å². The number of hydrogen-bond donors (Lipinski definition) is 0. The zero-order valence-electron chi connectivity index (χ0n) is 23.5. The van der Waals surface area contributed by atoms with Gasteiger partial charge in [0.1, 0.15) is 6.54 Å². The average Bonchev–Trinajstić information content (AvgIpc) is 3.31. The highest BCUT2D eigenvalue weighted by Gasteiger charge is 2.38. The molecule has 1 aliphatic rings. The van der Waals surface area contributed by atoms with Gasteiger partial charge < -0.3 is 9.47 Å². The molecule has 7 heteroatoms. The quantitative estimate of drug-likeness (QED) is 0.145. The summed E-state index contributed by atoms with van der Waals surface area (Å²) in [5.74, 6) is -2.72. The molecular formula is C37H27NO6. The van der Waals surface area contributed by atoms with Crippen molar-refractivity contribution >= 4 is 23.8 Å². The number of esters is 2. The standard InChI is InChI=1S/C37H27NO6/c39-32(43-33(25-13-5-1-6-14-25)26-15-7-2-8-16-26)24-38-35(40)30-22-21-29(23-31(30)36(38)41)37(42)44-34(27-17-9-3-10-18-27)28-19-11-4-12-20-28/h1-23,33-34H,24H2. The zero-order valence-corrected chi connectivity index (χ0v) is 23.5. The maximum atomic E-state index is 13.4. The molecule has 5 aromatic carbocycles. The van der Waals surface area contributed by atoms with Crippen molar-refractivity contribution in [3.8, 4) is 0 Å². The number of hydrogen-bond acceptors (Lipinski definition) is 6.